The van der Waals surface area contributed by atoms with E-state index in [1.165, 1.54) is 18.2 Å². The number of ether oxygens (including phenoxy) is 3. The molecule has 1 saturated heterocycles. The number of hydrogen-bond acceptors (Lipinski definition) is 6. The fraction of sp³-hybridized carbons (Fsp3) is 0.0800. The van der Waals surface area contributed by atoms with E-state index < -0.39 is 17.8 Å². The average molecular weight is 440 g/mol. The molecule has 0 saturated carbocycles. The summed E-state index contributed by atoms with van der Waals surface area (Å²) >= 11 is 0. The van der Waals surface area contributed by atoms with Crippen molar-refractivity contribution in [1.82, 2.24) is 5.32 Å². The molecule has 0 bridgehead atoms. The molecule has 0 radical (unpaired) electrons. The average Bonchev–Trinajstić information content (AvgIpc) is 3.28. The van der Waals surface area contributed by atoms with Gasteiger partial charge < -0.3 is 14.2 Å². The van der Waals surface area contributed by atoms with Gasteiger partial charge in [-0.05, 0) is 35.0 Å². The molecule has 2 heterocycles. The zero-order valence-corrected chi connectivity index (χ0v) is 17.2. The van der Waals surface area contributed by atoms with Gasteiger partial charge in [-0.1, -0.05) is 36.3 Å². The number of fused-ring (bicyclic) bond motifs is 2. The summed E-state index contributed by atoms with van der Waals surface area (Å²) in [6.07, 6.45) is 6.75. The molecule has 162 valence electrons. The van der Waals surface area contributed by atoms with Crippen LogP contribution in [0.1, 0.15) is 5.56 Å². The van der Waals surface area contributed by atoms with Crippen molar-refractivity contribution in [1.29, 1.82) is 0 Å². The quantitative estimate of drug-likeness (QED) is 0.380. The van der Waals surface area contributed by atoms with E-state index in [0.29, 0.717) is 22.8 Å². The van der Waals surface area contributed by atoms with E-state index in [4.69, 9.17) is 20.6 Å². The Bertz CT molecular complexity index is 1400. The molecular formula is C25H16N2O6. The number of nitrogens with zero attached hydrogens (tertiary/aromatic N) is 1. The molecule has 4 amide bonds. The molecule has 8 nitrogen and oxygen atoms in total. The monoisotopic (exact) mass is 440 g/mol. The first-order valence-corrected chi connectivity index (χ1v) is 9.96. The highest BCUT2D eigenvalue weighted by Gasteiger charge is 2.37. The van der Waals surface area contributed by atoms with E-state index >= 15 is 0 Å². The van der Waals surface area contributed by atoms with E-state index in [1.807, 2.05) is 30.3 Å². The second-order valence-electron chi connectivity index (χ2n) is 7.19. The van der Waals surface area contributed by atoms with E-state index in [2.05, 4.69) is 11.2 Å². The molecule has 1 fully saturated rings. The van der Waals surface area contributed by atoms with Crippen LogP contribution >= 0.6 is 0 Å². The van der Waals surface area contributed by atoms with Gasteiger partial charge in [-0.2, -0.15) is 0 Å². The van der Waals surface area contributed by atoms with Crippen LogP contribution in [0.3, 0.4) is 0 Å². The van der Waals surface area contributed by atoms with Gasteiger partial charge in [0.2, 0.25) is 6.79 Å². The summed E-state index contributed by atoms with van der Waals surface area (Å²) in [7, 11) is 0. The minimum atomic E-state index is -0.859. The Labute approximate surface area is 188 Å². The molecule has 0 atom stereocenters. The number of hydrogen-bond donors (Lipinski definition) is 1. The van der Waals surface area contributed by atoms with Crippen LogP contribution in [0.4, 0.5) is 10.5 Å². The summed E-state index contributed by atoms with van der Waals surface area (Å²) in [4.78, 5) is 39.5. The predicted octanol–water partition coefficient (Wildman–Crippen LogP) is 3.25. The van der Waals surface area contributed by atoms with Crippen LogP contribution in [-0.4, -0.2) is 31.2 Å². The van der Waals surface area contributed by atoms with E-state index in [1.54, 1.807) is 12.1 Å². The molecular weight excluding hydrogens is 424 g/mol. The van der Waals surface area contributed by atoms with Crippen LogP contribution in [-0.2, 0) is 9.59 Å². The van der Waals surface area contributed by atoms with E-state index in [-0.39, 0.29) is 24.7 Å². The van der Waals surface area contributed by atoms with Crippen LogP contribution in [0.2, 0.25) is 0 Å². The first kappa shape index (κ1) is 20.2. The second kappa shape index (κ2) is 8.05. The van der Waals surface area contributed by atoms with Gasteiger partial charge in [0.1, 0.15) is 17.9 Å². The van der Waals surface area contributed by atoms with Gasteiger partial charge in [0.15, 0.2) is 11.5 Å². The summed E-state index contributed by atoms with van der Waals surface area (Å²) < 4.78 is 16.3. The highest BCUT2D eigenvalue weighted by molar-refractivity contribution is 6.39. The van der Waals surface area contributed by atoms with Gasteiger partial charge in [0, 0.05) is 11.6 Å². The Morgan fingerprint density at radius 3 is 2.73 bits per heavy atom. The van der Waals surface area contributed by atoms with Gasteiger partial charge in [0.05, 0.1) is 5.69 Å². The molecule has 2 aliphatic heterocycles. The van der Waals surface area contributed by atoms with Gasteiger partial charge in [0.25, 0.3) is 11.8 Å². The Kier molecular flexibility index (Phi) is 4.92. The molecule has 3 aromatic rings. The number of benzene rings is 3. The van der Waals surface area contributed by atoms with Gasteiger partial charge in [-0.25, -0.2) is 9.69 Å². The minimum absolute atomic E-state index is 0.0104. The summed E-state index contributed by atoms with van der Waals surface area (Å²) in [6.45, 7) is 0.0561. The smallest absolute Gasteiger partial charge is 0.335 e. The number of barbiturate groups is 1. The van der Waals surface area contributed by atoms with Crippen molar-refractivity contribution in [2.45, 2.75) is 0 Å². The number of nitrogens with one attached hydrogen (secondary N) is 1. The summed E-state index contributed by atoms with van der Waals surface area (Å²) in [6, 6.07) is 14.8. The van der Waals surface area contributed by atoms with Crippen molar-refractivity contribution in [3.05, 3.63) is 65.7 Å². The first-order valence-electron chi connectivity index (χ1n) is 9.96. The maximum atomic E-state index is 13.3. The fourth-order valence-electron chi connectivity index (χ4n) is 3.73. The third-order valence-electron chi connectivity index (χ3n) is 5.25. The third-order valence-corrected chi connectivity index (χ3v) is 5.25. The molecule has 33 heavy (non-hydrogen) atoms. The number of amides is 4. The molecule has 3 aromatic carbocycles. The number of carbonyl (C=O) groups is 3. The molecule has 2 aliphatic rings. The standard InChI is InChI=1S/C25H16N2O6/c1-2-11-31-20-9-7-15-5-3-4-6-17(15)18(20)13-19-23(28)26-25(30)27(24(19)29)16-8-10-21-22(12-16)33-14-32-21/h1,3-10,12-13H,11,14H2,(H,26,28,30)/b19-13+. The van der Waals surface area contributed by atoms with Crippen molar-refractivity contribution >= 4 is 40.4 Å². The van der Waals surface area contributed by atoms with Crippen molar-refractivity contribution in [2.24, 2.45) is 0 Å². The molecule has 0 aliphatic carbocycles. The topological polar surface area (TPSA) is 94.2 Å². The molecule has 1 N–H and O–H groups in total. The first-order chi connectivity index (χ1) is 16.1. The Morgan fingerprint density at radius 2 is 1.88 bits per heavy atom. The Morgan fingerprint density at radius 1 is 1.06 bits per heavy atom. The van der Waals surface area contributed by atoms with Crippen molar-refractivity contribution in [3.8, 4) is 29.6 Å². The Hall–Kier alpha value is -4.77. The van der Waals surface area contributed by atoms with Gasteiger partial charge >= 0.3 is 6.03 Å². The van der Waals surface area contributed by atoms with Crippen LogP contribution in [0.5, 0.6) is 17.2 Å². The van der Waals surface area contributed by atoms with Crippen molar-refractivity contribution in [3.63, 3.8) is 0 Å². The highest BCUT2D eigenvalue weighted by atomic mass is 16.7. The number of carbonyl (C=O) groups excluding carboxylic acids is 3. The zero-order chi connectivity index (χ0) is 22.9. The van der Waals surface area contributed by atoms with Crippen LogP contribution in [0.25, 0.3) is 16.8 Å². The van der Waals surface area contributed by atoms with Crippen molar-refractivity contribution < 1.29 is 28.6 Å². The fourth-order valence-corrected chi connectivity index (χ4v) is 3.73. The molecule has 5 rings (SSSR count). The van der Waals surface area contributed by atoms with Crippen LogP contribution < -0.4 is 24.4 Å². The molecule has 8 heteroatoms. The van der Waals surface area contributed by atoms with Gasteiger partial charge in [-0.3, -0.25) is 14.9 Å². The summed E-state index contributed by atoms with van der Waals surface area (Å²) in [5.74, 6) is 2.12. The highest BCUT2D eigenvalue weighted by Crippen LogP contribution is 2.37. The number of anilines is 1. The molecule has 0 aromatic heterocycles. The van der Waals surface area contributed by atoms with Crippen LogP contribution in [0, 0.1) is 12.3 Å². The number of rotatable bonds is 4. The predicted molar refractivity (Wildman–Crippen MR) is 120 cm³/mol. The third kappa shape index (κ3) is 3.51. The maximum absolute atomic E-state index is 13.3. The zero-order valence-electron chi connectivity index (χ0n) is 17.2. The number of imide groups is 2. The van der Waals surface area contributed by atoms with Gasteiger partial charge in [-0.15, -0.1) is 6.42 Å². The van der Waals surface area contributed by atoms with E-state index in [9.17, 15) is 14.4 Å². The number of urea groups is 1. The van der Waals surface area contributed by atoms with E-state index in [0.717, 1.165) is 15.7 Å². The lowest BCUT2D eigenvalue weighted by molar-refractivity contribution is -0.122. The lowest BCUT2D eigenvalue weighted by Gasteiger charge is -2.26. The summed E-state index contributed by atoms with van der Waals surface area (Å²) in [5.41, 5.74) is 0.512. The number of terminal acetylenes is 1. The lowest BCUT2D eigenvalue weighted by Crippen LogP contribution is -2.54. The second-order valence-corrected chi connectivity index (χ2v) is 7.19. The SMILES string of the molecule is C#CCOc1ccc2ccccc2c1/C=C1\C(=O)NC(=O)N(c2ccc3c(c2)OCO3)C1=O. The van der Waals surface area contributed by atoms with Crippen LogP contribution in [0.15, 0.2) is 60.2 Å². The maximum Gasteiger partial charge on any atom is 0.335 e. The molecule has 0 spiro atoms. The normalized spacial score (nSPS) is 16.2. The Balaban J connectivity index is 1.61. The summed E-state index contributed by atoms with van der Waals surface area (Å²) in [5, 5.41) is 3.86. The lowest BCUT2D eigenvalue weighted by atomic mass is 9.99. The molecule has 0 unspecified atom stereocenters. The largest absolute Gasteiger partial charge is 0.480 e. The van der Waals surface area contributed by atoms with Crippen molar-refractivity contribution in [2.75, 3.05) is 18.3 Å². The minimum Gasteiger partial charge on any atom is -0.480 e.